The van der Waals surface area contributed by atoms with Gasteiger partial charge in [-0.25, -0.2) is 17.9 Å². The maximum absolute atomic E-state index is 13.1. The van der Waals surface area contributed by atoms with Crippen molar-refractivity contribution >= 4 is 27.5 Å². The zero-order chi connectivity index (χ0) is 23.3. The number of carbonyl (C=O) groups is 1. The zero-order valence-corrected chi connectivity index (χ0v) is 19.4. The molecule has 2 N–H and O–H groups in total. The van der Waals surface area contributed by atoms with Crippen LogP contribution in [-0.4, -0.2) is 56.4 Å². The highest BCUT2D eigenvalue weighted by Gasteiger charge is 2.29. The second-order valence-electron chi connectivity index (χ2n) is 7.86. The molecule has 0 aliphatic carbocycles. The Kier molecular flexibility index (Phi) is 8.10. The van der Waals surface area contributed by atoms with Crippen LogP contribution in [0.25, 0.3) is 0 Å². The summed E-state index contributed by atoms with van der Waals surface area (Å²) in [6, 6.07) is 11.0. The van der Waals surface area contributed by atoms with Crippen LogP contribution in [-0.2, 0) is 27.1 Å². The molecule has 2 aromatic rings. The molecule has 0 spiro atoms. The molecule has 2 aromatic carbocycles. The number of hydrogen-bond donors (Lipinski definition) is 1. The first-order valence-corrected chi connectivity index (χ1v) is 12.4. The molecule has 1 amide bonds. The van der Waals surface area contributed by atoms with E-state index in [1.807, 2.05) is 6.92 Å². The van der Waals surface area contributed by atoms with Gasteiger partial charge in [0.05, 0.1) is 5.75 Å². The number of halogens is 2. The van der Waals surface area contributed by atoms with Crippen molar-refractivity contribution in [3.63, 3.8) is 0 Å². The Labute approximate surface area is 192 Å². The van der Waals surface area contributed by atoms with Gasteiger partial charge in [0.2, 0.25) is 10.0 Å². The minimum Gasteiger partial charge on any atom is -0.483 e. The number of hydrogen-bond acceptors (Lipinski definition) is 5. The van der Waals surface area contributed by atoms with Crippen LogP contribution in [0.15, 0.2) is 42.5 Å². The quantitative estimate of drug-likeness (QED) is 0.623. The van der Waals surface area contributed by atoms with Crippen LogP contribution in [0.3, 0.4) is 0 Å². The van der Waals surface area contributed by atoms with Gasteiger partial charge in [0, 0.05) is 42.8 Å². The average Bonchev–Trinajstić information content (AvgIpc) is 2.73. The van der Waals surface area contributed by atoms with Gasteiger partial charge in [0.15, 0.2) is 6.61 Å². The second-order valence-corrected chi connectivity index (χ2v) is 9.91. The first-order valence-electron chi connectivity index (χ1n) is 10.3. The molecule has 0 saturated carbocycles. The highest BCUT2D eigenvalue weighted by Crippen LogP contribution is 2.25. The van der Waals surface area contributed by atoms with E-state index < -0.39 is 15.8 Å². The van der Waals surface area contributed by atoms with Crippen LogP contribution in [0.1, 0.15) is 24.5 Å². The molecule has 1 fully saturated rings. The van der Waals surface area contributed by atoms with Gasteiger partial charge in [-0.3, -0.25) is 9.69 Å². The zero-order valence-electron chi connectivity index (χ0n) is 17.8. The van der Waals surface area contributed by atoms with Crippen molar-refractivity contribution in [3.8, 4) is 5.75 Å². The standard InChI is InChI=1S/C22H27ClFN3O4S/c1-2-20-13-26(12-16-3-6-19(24)7-4-16)9-10-27(20)22(28)14-31-21-8-5-18(23)11-17(21)15-32(25,29)30/h3-8,11,20H,2,9-10,12-15H2,1H3,(H2,25,29,30)/t20-/m1/s1. The Bertz CT molecular complexity index is 1050. The Morgan fingerprint density at radius 2 is 1.94 bits per heavy atom. The number of piperazine rings is 1. The van der Waals surface area contributed by atoms with E-state index in [4.69, 9.17) is 21.5 Å². The van der Waals surface area contributed by atoms with Gasteiger partial charge >= 0.3 is 0 Å². The maximum atomic E-state index is 13.1. The highest BCUT2D eigenvalue weighted by atomic mass is 35.5. The summed E-state index contributed by atoms with van der Waals surface area (Å²) >= 11 is 5.96. The molecule has 1 heterocycles. The predicted molar refractivity (Wildman–Crippen MR) is 121 cm³/mol. The van der Waals surface area contributed by atoms with Gasteiger partial charge in [-0.15, -0.1) is 0 Å². The van der Waals surface area contributed by atoms with E-state index in [0.29, 0.717) is 36.8 Å². The normalized spacial score (nSPS) is 17.4. The van der Waals surface area contributed by atoms with Crippen molar-refractivity contribution in [2.75, 3.05) is 26.2 Å². The summed E-state index contributed by atoms with van der Waals surface area (Å²) in [6.07, 6.45) is 0.781. The molecule has 174 valence electrons. The predicted octanol–water partition coefficient (Wildman–Crippen LogP) is 2.77. The fourth-order valence-corrected chi connectivity index (χ4v) is 4.68. The van der Waals surface area contributed by atoms with E-state index in [1.165, 1.54) is 24.3 Å². The Morgan fingerprint density at radius 1 is 1.22 bits per heavy atom. The van der Waals surface area contributed by atoms with Crippen molar-refractivity contribution in [1.29, 1.82) is 0 Å². The average molecular weight is 484 g/mol. The molecule has 32 heavy (non-hydrogen) atoms. The summed E-state index contributed by atoms with van der Waals surface area (Å²) < 4.78 is 41.8. The summed E-state index contributed by atoms with van der Waals surface area (Å²) in [7, 11) is -3.78. The first-order chi connectivity index (χ1) is 15.1. The van der Waals surface area contributed by atoms with Crippen LogP contribution >= 0.6 is 11.6 Å². The first kappa shape index (κ1) is 24.4. The lowest BCUT2D eigenvalue weighted by molar-refractivity contribution is -0.138. The molecule has 10 heteroatoms. The number of nitrogens with two attached hydrogens (primary N) is 1. The summed E-state index contributed by atoms with van der Waals surface area (Å²) in [6.45, 7) is 4.45. The third-order valence-corrected chi connectivity index (χ3v) is 6.36. The van der Waals surface area contributed by atoms with E-state index in [0.717, 1.165) is 12.0 Å². The third kappa shape index (κ3) is 6.90. The molecule has 3 rings (SSSR count). The number of nitrogens with zero attached hydrogens (tertiary/aromatic N) is 2. The number of rotatable bonds is 8. The summed E-state index contributed by atoms with van der Waals surface area (Å²) in [5.74, 6) is -0.602. The fraction of sp³-hybridized carbons (Fsp3) is 0.409. The Morgan fingerprint density at radius 3 is 2.59 bits per heavy atom. The van der Waals surface area contributed by atoms with Crippen molar-refractivity contribution in [2.24, 2.45) is 5.14 Å². The van der Waals surface area contributed by atoms with Crippen LogP contribution in [0.4, 0.5) is 4.39 Å². The van der Waals surface area contributed by atoms with Crippen molar-refractivity contribution in [2.45, 2.75) is 31.7 Å². The largest absolute Gasteiger partial charge is 0.483 e. The van der Waals surface area contributed by atoms with Gasteiger partial charge < -0.3 is 9.64 Å². The maximum Gasteiger partial charge on any atom is 0.260 e. The van der Waals surface area contributed by atoms with Crippen LogP contribution in [0.2, 0.25) is 5.02 Å². The molecule has 0 unspecified atom stereocenters. The molecular formula is C22H27ClFN3O4S. The lowest BCUT2D eigenvalue weighted by Gasteiger charge is -2.41. The molecule has 0 aromatic heterocycles. The van der Waals surface area contributed by atoms with E-state index in [-0.39, 0.29) is 30.1 Å². The van der Waals surface area contributed by atoms with Crippen molar-refractivity contribution in [1.82, 2.24) is 9.80 Å². The SMILES string of the molecule is CC[C@@H]1CN(Cc2ccc(F)cc2)CCN1C(=O)COc1ccc(Cl)cc1CS(N)(=O)=O. The van der Waals surface area contributed by atoms with Gasteiger partial charge in [0.25, 0.3) is 5.91 Å². The number of sulfonamides is 1. The third-order valence-electron chi connectivity index (χ3n) is 5.41. The molecule has 0 radical (unpaired) electrons. The Balaban J connectivity index is 1.60. The summed E-state index contributed by atoms with van der Waals surface area (Å²) in [5.41, 5.74) is 1.33. The van der Waals surface area contributed by atoms with E-state index in [1.54, 1.807) is 23.1 Å². The molecule has 1 atom stereocenters. The highest BCUT2D eigenvalue weighted by molar-refractivity contribution is 7.88. The molecule has 0 bridgehead atoms. The molecule has 1 aliphatic heterocycles. The number of carbonyl (C=O) groups excluding carboxylic acids is 1. The van der Waals surface area contributed by atoms with Crippen molar-refractivity contribution in [3.05, 3.63) is 64.4 Å². The van der Waals surface area contributed by atoms with Crippen LogP contribution < -0.4 is 9.88 Å². The van der Waals surface area contributed by atoms with Crippen molar-refractivity contribution < 1.29 is 22.3 Å². The summed E-state index contributed by atoms with van der Waals surface area (Å²) in [5, 5.41) is 5.50. The van der Waals surface area contributed by atoms with Gasteiger partial charge in [-0.05, 0) is 42.3 Å². The van der Waals surface area contributed by atoms with Gasteiger partial charge in [-0.2, -0.15) is 0 Å². The Hall–Kier alpha value is -2.20. The van der Waals surface area contributed by atoms with E-state index >= 15 is 0 Å². The second kappa shape index (κ2) is 10.6. The van der Waals surface area contributed by atoms with Crippen LogP contribution in [0, 0.1) is 5.82 Å². The lowest BCUT2D eigenvalue weighted by atomic mass is 10.1. The number of primary sulfonamides is 1. The number of benzene rings is 2. The number of amides is 1. The monoisotopic (exact) mass is 483 g/mol. The molecular weight excluding hydrogens is 457 g/mol. The van der Waals surface area contributed by atoms with E-state index in [9.17, 15) is 17.6 Å². The smallest absolute Gasteiger partial charge is 0.260 e. The molecule has 7 nitrogen and oxygen atoms in total. The minimum absolute atomic E-state index is 0.0226. The summed E-state index contributed by atoms with van der Waals surface area (Å²) in [4.78, 5) is 16.9. The van der Waals surface area contributed by atoms with Gasteiger partial charge in [-0.1, -0.05) is 30.7 Å². The fourth-order valence-electron chi connectivity index (χ4n) is 3.83. The molecule has 1 saturated heterocycles. The number of ether oxygens (including phenoxy) is 1. The van der Waals surface area contributed by atoms with Crippen LogP contribution in [0.5, 0.6) is 5.75 Å². The molecule has 1 aliphatic rings. The van der Waals surface area contributed by atoms with Gasteiger partial charge in [0.1, 0.15) is 11.6 Å². The minimum atomic E-state index is -3.78. The lowest BCUT2D eigenvalue weighted by Crippen LogP contribution is -2.55. The topological polar surface area (TPSA) is 92.9 Å². The van der Waals surface area contributed by atoms with E-state index in [2.05, 4.69) is 4.90 Å².